The fourth-order valence-electron chi connectivity index (χ4n) is 2.56. The largest absolute Gasteiger partial charge is 0.326 e. The molecular formula is C16H16FN3O. The number of hydrogen-bond donors (Lipinski definition) is 2. The number of nitrogens with zero attached hydrogens (tertiary/aromatic N) is 1. The first kappa shape index (κ1) is 13.6. The SMILES string of the molecule is NC1Cc2ccccc2N(C(=O)Nc2ccccc2F)C1. The Balaban J connectivity index is 1.87. The van der Waals surface area contributed by atoms with Gasteiger partial charge in [-0.3, -0.25) is 4.90 Å². The lowest BCUT2D eigenvalue weighted by Gasteiger charge is -2.33. The molecule has 1 atom stereocenters. The van der Waals surface area contributed by atoms with E-state index in [1.807, 2.05) is 24.3 Å². The van der Waals surface area contributed by atoms with E-state index < -0.39 is 5.82 Å². The van der Waals surface area contributed by atoms with Gasteiger partial charge in [0.15, 0.2) is 0 Å². The lowest BCUT2D eigenvalue weighted by atomic mass is 9.99. The van der Waals surface area contributed by atoms with Crippen LogP contribution in [0.1, 0.15) is 5.56 Å². The highest BCUT2D eigenvalue weighted by molar-refractivity contribution is 6.02. The number of nitrogens with two attached hydrogens (primary N) is 1. The van der Waals surface area contributed by atoms with Crippen LogP contribution in [0.3, 0.4) is 0 Å². The summed E-state index contributed by atoms with van der Waals surface area (Å²) < 4.78 is 13.6. The van der Waals surface area contributed by atoms with Gasteiger partial charge in [-0.15, -0.1) is 0 Å². The summed E-state index contributed by atoms with van der Waals surface area (Å²) in [5.41, 5.74) is 8.03. The molecule has 2 aromatic carbocycles. The predicted molar refractivity (Wildman–Crippen MR) is 80.9 cm³/mol. The van der Waals surface area contributed by atoms with Crippen LogP contribution in [0.15, 0.2) is 48.5 Å². The minimum atomic E-state index is -0.458. The van der Waals surface area contributed by atoms with Crippen molar-refractivity contribution in [2.45, 2.75) is 12.5 Å². The number of hydrogen-bond acceptors (Lipinski definition) is 2. The maximum absolute atomic E-state index is 13.6. The first-order valence-corrected chi connectivity index (χ1v) is 6.81. The van der Waals surface area contributed by atoms with E-state index >= 15 is 0 Å². The lowest BCUT2D eigenvalue weighted by molar-refractivity contribution is 0.256. The molecule has 1 aliphatic heterocycles. The number of rotatable bonds is 1. The number of benzene rings is 2. The van der Waals surface area contributed by atoms with Gasteiger partial charge in [0.05, 0.1) is 5.69 Å². The molecule has 2 aromatic rings. The average molecular weight is 285 g/mol. The molecule has 3 N–H and O–H groups in total. The summed E-state index contributed by atoms with van der Waals surface area (Å²) >= 11 is 0. The van der Waals surface area contributed by atoms with E-state index in [0.717, 1.165) is 17.7 Å². The Morgan fingerprint density at radius 3 is 2.71 bits per heavy atom. The van der Waals surface area contributed by atoms with Crippen molar-refractivity contribution in [1.82, 2.24) is 0 Å². The number of halogens is 1. The van der Waals surface area contributed by atoms with E-state index in [1.54, 1.807) is 17.0 Å². The molecule has 0 saturated heterocycles. The zero-order valence-corrected chi connectivity index (χ0v) is 11.4. The van der Waals surface area contributed by atoms with Crippen LogP contribution in [-0.2, 0) is 6.42 Å². The summed E-state index contributed by atoms with van der Waals surface area (Å²) in [6.07, 6.45) is 0.736. The van der Waals surface area contributed by atoms with Gasteiger partial charge >= 0.3 is 6.03 Å². The summed E-state index contributed by atoms with van der Waals surface area (Å²) in [4.78, 5) is 14.0. The number of amides is 2. The monoisotopic (exact) mass is 285 g/mol. The van der Waals surface area contributed by atoms with Gasteiger partial charge in [0.2, 0.25) is 0 Å². The second kappa shape index (κ2) is 5.54. The number of carbonyl (C=O) groups excluding carboxylic acids is 1. The third-order valence-corrected chi connectivity index (χ3v) is 3.54. The van der Waals surface area contributed by atoms with Crippen molar-refractivity contribution in [1.29, 1.82) is 0 Å². The minimum Gasteiger partial charge on any atom is -0.326 e. The molecule has 1 unspecified atom stereocenters. The van der Waals surface area contributed by atoms with Gasteiger partial charge in [-0.2, -0.15) is 0 Å². The molecule has 1 aliphatic rings. The highest BCUT2D eigenvalue weighted by Crippen LogP contribution is 2.27. The van der Waals surface area contributed by atoms with Gasteiger partial charge in [0, 0.05) is 18.3 Å². The normalized spacial score (nSPS) is 17.2. The maximum atomic E-state index is 13.6. The summed E-state index contributed by atoms with van der Waals surface area (Å²) in [6, 6.07) is 13.2. The fourth-order valence-corrected chi connectivity index (χ4v) is 2.56. The Morgan fingerprint density at radius 2 is 1.90 bits per heavy atom. The molecule has 4 nitrogen and oxygen atoms in total. The molecule has 21 heavy (non-hydrogen) atoms. The number of nitrogens with one attached hydrogen (secondary N) is 1. The Hall–Kier alpha value is -2.40. The molecule has 0 saturated carbocycles. The van der Waals surface area contributed by atoms with Gasteiger partial charge < -0.3 is 11.1 Å². The molecule has 0 radical (unpaired) electrons. The lowest BCUT2D eigenvalue weighted by Crippen LogP contribution is -2.47. The Labute approximate surface area is 122 Å². The van der Waals surface area contributed by atoms with Crippen LogP contribution in [0.4, 0.5) is 20.6 Å². The highest BCUT2D eigenvalue weighted by atomic mass is 19.1. The van der Waals surface area contributed by atoms with Crippen molar-refractivity contribution < 1.29 is 9.18 Å². The maximum Gasteiger partial charge on any atom is 0.326 e. The van der Waals surface area contributed by atoms with Crippen LogP contribution in [0.5, 0.6) is 0 Å². The van der Waals surface area contributed by atoms with Crippen molar-refractivity contribution in [2.24, 2.45) is 5.73 Å². The standard InChI is InChI=1S/C16H16FN3O/c17-13-6-2-3-7-14(13)19-16(21)20-10-12(18)9-11-5-1-4-8-15(11)20/h1-8,12H,9-10,18H2,(H,19,21). The summed E-state index contributed by atoms with van der Waals surface area (Å²) in [6.45, 7) is 0.414. The van der Waals surface area contributed by atoms with Gasteiger partial charge in [-0.05, 0) is 30.2 Å². The second-order valence-corrected chi connectivity index (χ2v) is 5.11. The van der Waals surface area contributed by atoms with Gasteiger partial charge in [-0.1, -0.05) is 30.3 Å². The molecular weight excluding hydrogens is 269 g/mol. The van der Waals surface area contributed by atoms with Crippen molar-refractivity contribution in [3.63, 3.8) is 0 Å². The number of fused-ring (bicyclic) bond motifs is 1. The van der Waals surface area contributed by atoms with E-state index in [0.29, 0.717) is 6.54 Å². The molecule has 0 fully saturated rings. The van der Waals surface area contributed by atoms with Gasteiger partial charge in [0.25, 0.3) is 0 Å². The molecule has 0 spiro atoms. The minimum absolute atomic E-state index is 0.119. The molecule has 3 rings (SSSR count). The molecule has 0 bridgehead atoms. The van der Waals surface area contributed by atoms with Crippen LogP contribution in [-0.4, -0.2) is 18.6 Å². The van der Waals surface area contributed by atoms with Crippen molar-refractivity contribution in [3.05, 3.63) is 59.9 Å². The summed E-state index contributed by atoms with van der Waals surface area (Å²) in [5, 5.41) is 2.60. The first-order valence-electron chi connectivity index (χ1n) is 6.81. The van der Waals surface area contributed by atoms with E-state index in [4.69, 9.17) is 5.73 Å². The molecule has 108 valence electrons. The zero-order chi connectivity index (χ0) is 14.8. The zero-order valence-electron chi connectivity index (χ0n) is 11.4. The van der Waals surface area contributed by atoms with Crippen molar-refractivity contribution >= 4 is 17.4 Å². The van der Waals surface area contributed by atoms with Crippen LogP contribution in [0.25, 0.3) is 0 Å². The van der Waals surface area contributed by atoms with E-state index in [2.05, 4.69) is 5.32 Å². The molecule has 1 heterocycles. The highest BCUT2D eigenvalue weighted by Gasteiger charge is 2.26. The van der Waals surface area contributed by atoms with Crippen LogP contribution in [0, 0.1) is 5.82 Å². The first-order chi connectivity index (χ1) is 10.1. The Morgan fingerprint density at radius 1 is 1.19 bits per heavy atom. The van der Waals surface area contributed by atoms with Crippen molar-refractivity contribution in [2.75, 3.05) is 16.8 Å². The number of carbonyl (C=O) groups is 1. The predicted octanol–water partition coefficient (Wildman–Crippen LogP) is 2.75. The third-order valence-electron chi connectivity index (χ3n) is 3.54. The molecule has 5 heteroatoms. The number of urea groups is 1. The molecule has 2 amide bonds. The Bertz CT molecular complexity index is 674. The van der Waals surface area contributed by atoms with Gasteiger partial charge in [-0.25, -0.2) is 9.18 Å². The summed E-state index contributed by atoms with van der Waals surface area (Å²) in [7, 11) is 0. The number of para-hydroxylation sites is 2. The second-order valence-electron chi connectivity index (χ2n) is 5.11. The smallest absolute Gasteiger partial charge is 0.326 e. The Kier molecular flexibility index (Phi) is 3.58. The third kappa shape index (κ3) is 2.73. The van der Waals surface area contributed by atoms with Crippen molar-refractivity contribution in [3.8, 4) is 0 Å². The average Bonchev–Trinajstić information content (AvgIpc) is 2.48. The fraction of sp³-hybridized carbons (Fsp3) is 0.188. The van der Waals surface area contributed by atoms with Crippen LogP contribution < -0.4 is 16.0 Å². The van der Waals surface area contributed by atoms with Crippen LogP contribution >= 0.6 is 0 Å². The molecule has 0 aliphatic carbocycles. The quantitative estimate of drug-likeness (QED) is 0.846. The topological polar surface area (TPSA) is 58.4 Å². The van der Waals surface area contributed by atoms with Gasteiger partial charge in [0.1, 0.15) is 5.82 Å². The number of anilines is 2. The van der Waals surface area contributed by atoms with Crippen LogP contribution in [0.2, 0.25) is 0 Å². The van der Waals surface area contributed by atoms with E-state index in [-0.39, 0.29) is 17.8 Å². The summed E-state index contributed by atoms with van der Waals surface area (Å²) in [5.74, 6) is -0.458. The molecule has 0 aromatic heterocycles. The van der Waals surface area contributed by atoms with E-state index in [1.165, 1.54) is 12.1 Å². The van der Waals surface area contributed by atoms with E-state index in [9.17, 15) is 9.18 Å².